The van der Waals surface area contributed by atoms with Crippen LogP contribution in [0.2, 0.25) is 0 Å². The molecule has 37 heavy (non-hydrogen) atoms. The molecule has 7 nitrogen and oxygen atoms in total. The fourth-order valence-electron chi connectivity index (χ4n) is 3.16. The number of nitrogens with one attached hydrogen (secondary N) is 2. The van der Waals surface area contributed by atoms with E-state index in [1.54, 1.807) is 19.1 Å². The number of nitrogens with zero attached hydrogens (tertiary/aromatic N) is 1. The summed E-state index contributed by atoms with van der Waals surface area (Å²) in [4.78, 5) is 29.2. The summed E-state index contributed by atoms with van der Waals surface area (Å²) in [6, 6.07) is 20.4. The number of hydrogen-bond acceptors (Lipinski definition) is 6. The smallest absolute Gasteiger partial charge is 0.407 e. The summed E-state index contributed by atoms with van der Waals surface area (Å²) in [5, 5.41) is 5.88. The normalized spacial score (nSPS) is 11.4. The summed E-state index contributed by atoms with van der Waals surface area (Å²) < 4.78 is 37.8. The van der Waals surface area contributed by atoms with E-state index in [9.17, 15) is 18.4 Å². The number of ether oxygens (including phenoxy) is 2. The first-order chi connectivity index (χ1) is 17.9. The third-order valence-electron chi connectivity index (χ3n) is 5.18. The molecule has 0 saturated heterocycles. The second kappa shape index (κ2) is 12.1. The zero-order valence-electron chi connectivity index (χ0n) is 19.7. The van der Waals surface area contributed by atoms with Gasteiger partial charge in [-0.15, -0.1) is 0 Å². The number of benzene rings is 3. The Balaban J connectivity index is 1.39. The molecule has 4 rings (SSSR count). The second-order valence-corrected chi connectivity index (χ2v) is 9.01. The predicted molar refractivity (Wildman–Crippen MR) is 136 cm³/mol. The van der Waals surface area contributed by atoms with Gasteiger partial charge in [0.15, 0.2) is 5.13 Å². The zero-order valence-corrected chi connectivity index (χ0v) is 20.6. The standard InChI is InChI=1S/C27H23F2N3O4S/c1-17(15-30-27(34)35-16-18-5-3-2-4-6-18)24(33)32-26-31-23(19-7-9-20(28)10-8-19)25(37-26)36-22-13-11-21(29)12-14-22/h2-14,17H,15-16H2,1H3,(H,30,34)(H,31,32,33). The first kappa shape index (κ1) is 25.8. The van der Waals surface area contributed by atoms with Crippen LogP contribution in [-0.2, 0) is 16.1 Å². The fourth-order valence-corrected chi connectivity index (χ4v) is 4.02. The minimum absolute atomic E-state index is 0.0502. The number of thiazole rings is 1. The van der Waals surface area contributed by atoms with E-state index < -0.39 is 23.6 Å². The van der Waals surface area contributed by atoms with Gasteiger partial charge in [0.25, 0.3) is 0 Å². The van der Waals surface area contributed by atoms with Gasteiger partial charge in [0.05, 0.1) is 5.92 Å². The summed E-state index contributed by atoms with van der Waals surface area (Å²) >= 11 is 1.07. The van der Waals surface area contributed by atoms with Gasteiger partial charge in [0.1, 0.15) is 29.7 Å². The van der Waals surface area contributed by atoms with Crippen LogP contribution in [-0.4, -0.2) is 23.5 Å². The van der Waals surface area contributed by atoms with Crippen molar-refractivity contribution in [3.05, 3.63) is 96.1 Å². The molecule has 0 aliphatic carbocycles. The molecular formula is C27H23F2N3O4S. The lowest BCUT2D eigenvalue weighted by molar-refractivity contribution is -0.119. The van der Waals surface area contributed by atoms with Crippen LogP contribution in [0.15, 0.2) is 78.9 Å². The maximum atomic E-state index is 13.4. The lowest BCUT2D eigenvalue weighted by Crippen LogP contribution is -2.34. The molecule has 4 aromatic rings. The summed E-state index contributed by atoms with van der Waals surface area (Å²) in [6.07, 6.45) is -0.633. The lowest BCUT2D eigenvalue weighted by Gasteiger charge is -2.12. The van der Waals surface area contributed by atoms with Gasteiger partial charge >= 0.3 is 6.09 Å². The Morgan fingerprint density at radius 2 is 1.59 bits per heavy atom. The van der Waals surface area contributed by atoms with Gasteiger partial charge in [-0.25, -0.2) is 18.6 Å². The van der Waals surface area contributed by atoms with Crippen molar-refractivity contribution in [3.63, 3.8) is 0 Å². The molecule has 1 heterocycles. The van der Waals surface area contributed by atoms with Gasteiger partial charge in [0, 0.05) is 12.1 Å². The molecule has 0 radical (unpaired) electrons. The Labute approximate surface area is 216 Å². The van der Waals surface area contributed by atoms with E-state index in [1.807, 2.05) is 30.3 Å². The maximum Gasteiger partial charge on any atom is 0.407 e. The Kier molecular flexibility index (Phi) is 8.42. The van der Waals surface area contributed by atoms with Crippen molar-refractivity contribution in [2.45, 2.75) is 13.5 Å². The molecule has 0 saturated carbocycles. The van der Waals surface area contributed by atoms with Crippen LogP contribution < -0.4 is 15.4 Å². The number of halogens is 2. The highest BCUT2D eigenvalue weighted by Gasteiger charge is 2.20. The molecule has 2 amide bonds. The summed E-state index contributed by atoms with van der Waals surface area (Å²) in [6.45, 7) is 1.82. The summed E-state index contributed by atoms with van der Waals surface area (Å²) in [5.74, 6) is -1.41. The topological polar surface area (TPSA) is 89.5 Å². The quantitative estimate of drug-likeness (QED) is 0.266. The maximum absolute atomic E-state index is 13.4. The van der Waals surface area contributed by atoms with Crippen LogP contribution in [0, 0.1) is 17.6 Å². The number of hydrogen-bond donors (Lipinski definition) is 2. The highest BCUT2D eigenvalue weighted by molar-refractivity contribution is 7.18. The number of amides is 2. The van der Waals surface area contributed by atoms with E-state index in [2.05, 4.69) is 15.6 Å². The molecule has 1 atom stereocenters. The van der Waals surface area contributed by atoms with Crippen molar-refractivity contribution in [1.82, 2.24) is 10.3 Å². The monoisotopic (exact) mass is 523 g/mol. The highest BCUT2D eigenvalue weighted by atomic mass is 32.1. The molecule has 190 valence electrons. The third kappa shape index (κ3) is 7.34. The van der Waals surface area contributed by atoms with Gasteiger partial charge in [-0.05, 0) is 54.1 Å². The molecule has 0 fully saturated rings. The second-order valence-electron chi connectivity index (χ2n) is 8.05. The third-order valence-corrected chi connectivity index (χ3v) is 6.03. The number of rotatable bonds is 9. The minimum Gasteiger partial charge on any atom is -0.445 e. The van der Waals surface area contributed by atoms with Crippen molar-refractivity contribution in [1.29, 1.82) is 0 Å². The molecular weight excluding hydrogens is 500 g/mol. The average Bonchev–Trinajstić information content (AvgIpc) is 3.30. The number of aromatic nitrogens is 1. The molecule has 0 bridgehead atoms. The molecule has 0 aliphatic rings. The van der Waals surface area contributed by atoms with Gasteiger partial charge in [-0.3, -0.25) is 4.79 Å². The van der Waals surface area contributed by atoms with E-state index in [-0.39, 0.29) is 24.2 Å². The van der Waals surface area contributed by atoms with Crippen LogP contribution in [0.1, 0.15) is 12.5 Å². The average molecular weight is 524 g/mol. The molecule has 2 N–H and O–H groups in total. The zero-order chi connectivity index (χ0) is 26.2. The van der Waals surface area contributed by atoms with Crippen molar-refractivity contribution in [2.24, 2.45) is 5.92 Å². The van der Waals surface area contributed by atoms with Crippen molar-refractivity contribution in [3.8, 4) is 22.1 Å². The van der Waals surface area contributed by atoms with Crippen LogP contribution in [0.5, 0.6) is 10.8 Å². The minimum atomic E-state index is -0.633. The van der Waals surface area contributed by atoms with Gasteiger partial charge in [-0.2, -0.15) is 0 Å². The van der Waals surface area contributed by atoms with E-state index in [0.717, 1.165) is 16.9 Å². The Bertz CT molecular complexity index is 1350. The van der Waals surface area contributed by atoms with Gasteiger partial charge in [0.2, 0.25) is 11.0 Å². The van der Waals surface area contributed by atoms with Crippen molar-refractivity contribution < 1.29 is 27.8 Å². The molecule has 10 heteroatoms. The number of carbonyl (C=O) groups is 2. The van der Waals surface area contributed by atoms with E-state index in [1.165, 1.54) is 36.4 Å². The molecule has 1 aromatic heterocycles. The largest absolute Gasteiger partial charge is 0.445 e. The molecule has 3 aromatic carbocycles. The van der Waals surface area contributed by atoms with Crippen molar-refractivity contribution in [2.75, 3.05) is 11.9 Å². The number of carbonyl (C=O) groups excluding carboxylic acids is 2. The molecule has 1 unspecified atom stereocenters. The van der Waals surface area contributed by atoms with E-state index in [4.69, 9.17) is 9.47 Å². The van der Waals surface area contributed by atoms with Crippen LogP contribution in [0.3, 0.4) is 0 Å². The number of anilines is 1. The van der Waals surface area contributed by atoms with Gasteiger partial charge < -0.3 is 20.1 Å². The number of alkyl carbamates (subject to hydrolysis) is 1. The van der Waals surface area contributed by atoms with Crippen LogP contribution in [0.4, 0.5) is 18.7 Å². The van der Waals surface area contributed by atoms with Gasteiger partial charge in [-0.1, -0.05) is 48.6 Å². The Hall–Kier alpha value is -4.31. The van der Waals surface area contributed by atoms with E-state index >= 15 is 0 Å². The predicted octanol–water partition coefficient (Wildman–Crippen LogP) is 6.38. The Morgan fingerprint density at radius 1 is 0.946 bits per heavy atom. The molecule has 0 aliphatic heterocycles. The SMILES string of the molecule is CC(CNC(=O)OCc1ccccc1)C(=O)Nc1nc(-c2ccc(F)cc2)c(Oc2ccc(F)cc2)s1. The first-order valence-electron chi connectivity index (χ1n) is 11.3. The fraction of sp³-hybridized carbons (Fsp3) is 0.148. The highest BCUT2D eigenvalue weighted by Crippen LogP contribution is 2.40. The first-order valence-corrected chi connectivity index (χ1v) is 12.1. The summed E-state index contributed by atoms with van der Waals surface area (Å²) in [5.41, 5.74) is 1.81. The van der Waals surface area contributed by atoms with Crippen LogP contribution in [0.25, 0.3) is 11.3 Å². The summed E-state index contributed by atoms with van der Waals surface area (Å²) in [7, 11) is 0. The lowest BCUT2D eigenvalue weighted by atomic mass is 10.1. The van der Waals surface area contributed by atoms with Crippen molar-refractivity contribution >= 4 is 28.5 Å². The van der Waals surface area contributed by atoms with Crippen LogP contribution >= 0.6 is 11.3 Å². The Morgan fingerprint density at radius 3 is 2.27 bits per heavy atom. The molecule has 0 spiro atoms. The van der Waals surface area contributed by atoms with E-state index in [0.29, 0.717) is 22.1 Å².